The van der Waals surface area contributed by atoms with Crippen molar-refractivity contribution in [2.45, 2.75) is 6.04 Å². The SMILES string of the molecule is C=CC(=O)N1CC(N2CCN(c3ncccc3Nc3cc(Cl)c(Cl)cc3O)CC2)C1. The Morgan fingerprint density at radius 3 is 2.57 bits per heavy atom. The number of aromatic hydroxyl groups is 1. The zero-order chi connectivity index (χ0) is 21.3. The summed E-state index contributed by atoms with van der Waals surface area (Å²) in [6.45, 7) is 8.51. The van der Waals surface area contributed by atoms with E-state index in [1.165, 1.54) is 12.1 Å². The molecule has 0 radical (unpaired) electrons. The Balaban J connectivity index is 1.41. The van der Waals surface area contributed by atoms with Crippen LogP contribution in [0.4, 0.5) is 17.2 Å². The molecule has 1 aromatic heterocycles. The molecule has 2 saturated heterocycles. The van der Waals surface area contributed by atoms with Crippen molar-refractivity contribution in [2.24, 2.45) is 0 Å². The van der Waals surface area contributed by atoms with Crippen molar-refractivity contribution in [2.75, 3.05) is 49.5 Å². The number of phenolic OH excluding ortho intramolecular Hbond substituents is 1. The first-order chi connectivity index (χ1) is 14.5. The van der Waals surface area contributed by atoms with Crippen molar-refractivity contribution in [3.63, 3.8) is 0 Å². The van der Waals surface area contributed by atoms with Crippen LogP contribution in [0, 0.1) is 0 Å². The molecular weight excluding hydrogens is 425 g/mol. The smallest absolute Gasteiger partial charge is 0.246 e. The molecule has 0 spiro atoms. The fourth-order valence-electron chi connectivity index (χ4n) is 3.82. The lowest BCUT2D eigenvalue weighted by Crippen LogP contribution is -2.64. The van der Waals surface area contributed by atoms with Gasteiger partial charge < -0.3 is 20.2 Å². The number of piperazine rings is 1. The Morgan fingerprint density at radius 1 is 1.17 bits per heavy atom. The van der Waals surface area contributed by atoms with E-state index in [9.17, 15) is 9.90 Å². The summed E-state index contributed by atoms with van der Waals surface area (Å²) in [6.07, 6.45) is 3.13. The van der Waals surface area contributed by atoms with Gasteiger partial charge in [-0.15, -0.1) is 0 Å². The van der Waals surface area contributed by atoms with Gasteiger partial charge in [-0.05, 0) is 24.3 Å². The van der Waals surface area contributed by atoms with E-state index in [2.05, 4.69) is 26.7 Å². The second-order valence-electron chi connectivity index (χ2n) is 7.41. The monoisotopic (exact) mass is 447 g/mol. The first-order valence-electron chi connectivity index (χ1n) is 9.76. The number of pyridine rings is 1. The van der Waals surface area contributed by atoms with Gasteiger partial charge in [0.15, 0.2) is 5.82 Å². The fourth-order valence-corrected chi connectivity index (χ4v) is 4.14. The highest BCUT2D eigenvalue weighted by molar-refractivity contribution is 6.42. The molecule has 30 heavy (non-hydrogen) atoms. The molecule has 2 aliphatic heterocycles. The van der Waals surface area contributed by atoms with Crippen molar-refractivity contribution in [1.82, 2.24) is 14.8 Å². The fraction of sp³-hybridized carbons (Fsp3) is 0.333. The molecule has 2 aliphatic rings. The number of aromatic nitrogens is 1. The topological polar surface area (TPSA) is 71.9 Å². The molecule has 4 rings (SSSR count). The Morgan fingerprint density at radius 2 is 1.87 bits per heavy atom. The van der Waals surface area contributed by atoms with Crippen LogP contribution < -0.4 is 10.2 Å². The molecule has 3 heterocycles. The number of likely N-dealkylation sites (tertiary alicyclic amines) is 1. The first kappa shape index (κ1) is 20.8. The quantitative estimate of drug-likeness (QED) is 0.540. The van der Waals surface area contributed by atoms with E-state index in [-0.39, 0.29) is 11.7 Å². The Hall–Kier alpha value is -2.48. The van der Waals surface area contributed by atoms with Crippen LogP contribution in [0.2, 0.25) is 10.0 Å². The standard InChI is InChI=1S/C21H23Cl2N5O2/c1-2-20(30)28-12-14(13-28)26-6-8-27(9-7-26)21-17(4-3-5-24-21)25-18-10-15(22)16(23)11-19(18)29/h2-5,10-11,14,25,29H,1,6-9,12-13H2. The maximum Gasteiger partial charge on any atom is 0.246 e. The number of anilines is 3. The number of amides is 1. The van der Waals surface area contributed by atoms with Crippen LogP contribution in [0.1, 0.15) is 0 Å². The van der Waals surface area contributed by atoms with E-state index in [1.807, 2.05) is 17.0 Å². The van der Waals surface area contributed by atoms with Gasteiger partial charge in [-0.2, -0.15) is 0 Å². The van der Waals surface area contributed by atoms with Gasteiger partial charge in [-0.25, -0.2) is 4.98 Å². The Labute approximate surface area is 185 Å². The Kier molecular flexibility index (Phi) is 6.04. The predicted molar refractivity (Wildman–Crippen MR) is 120 cm³/mol. The lowest BCUT2D eigenvalue weighted by molar-refractivity contribution is -0.133. The molecule has 0 bridgehead atoms. The summed E-state index contributed by atoms with van der Waals surface area (Å²) in [7, 11) is 0. The highest BCUT2D eigenvalue weighted by atomic mass is 35.5. The van der Waals surface area contributed by atoms with Crippen LogP contribution in [0.5, 0.6) is 5.75 Å². The minimum atomic E-state index is -0.000330. The summed E-state index contributed by atoms with van der Waals surface area (Å²) in [5.74, 6) is 0.840. The summed E-state index contributed by atoms with van der Waals surface area (Å²) >= 11 is 12.1. The predicted octanol–water partition coefficient (Wildman–Crippen LogP) is 3.36. The molecule has 0 saturated carbocycles. The van der Waals surface area contributed by atoms with E-state index < -0.39 is 0 Å². The zero-order valence-corrected chi connectivity index (χ0v) is 17.9. The van der Waals surface area contributed by atoms with Crippen LogP contribution in [0.3, 0.4) is 0 Å². The maximum atomic E-state index is 11.6. The lowest BCUT2D eigenvalue weighted by Gasteiger charge is -2.48. The summed E-state index contributed by atoms with van der Waals surface area (Å²) in [5.41, 5.74) is 1.25. The van der Waals surface area contributed by atoms with E-state index in [1.54, 1.807) is 12.3 Å². The highest BCUT2D eigenvalue weighted by Gasteiger charge is 2.35. The van der Waals surface area contributed by atoms with E-state index in [0.717, 1.165) is 50.8 Å². The first-order valence-corrected chi connectivity index (χ1v) is 10.5. The average molecular weight is 448 g/mol. The van der Waals surface area contributed by atoms with Crippen LogP contribution in [0.25, 0.3) is 0 Å². The zero-order valence-electron chi connectivity index (χ0n) is 16.4. The average Bonchev–Trinajstić information content (AvgIpc) is 2.72. The molecule has 9 heteroatoms. The number of hydrogen-bond donors (Lipinski definition) is 2. The van der Waals surface area contributed by atoms with Crippen molar-refractivity contribution in [1.29, 1.82) is 0 Å². The minimum absolute atomic E-state index is 0.000330. The lowest BCUT2D eigenvalue weighted by atomic mass is 10.1. The third-order valence-corrected chi connectivity index (χ3v) is 6.30. The van der Waals surface area contributed by atoms with Crippen molar-refractivity contribution in [3.05, 3.63) is 53.2 Å². The van der Waals surface area contributed by atoms with Gasteiger partial charge in [0.2, 0.25) is 5.91 Å². The maximum absolute atomic E-state index is 11.6. The molecular formula is C21H23Cl2N5O2. The Bertz CT molecular complexity index is 956. The number of carbonyl (C=O) groups excluding carboxylic acids is 1. The van der Waals surface area contributed by atoms with Gasteiger partial charge in [0.1, 0.15) is 5.75 Å². The van der Waals surface area contributed by atoms with Gasteiger partial charge in [0.25, 0.3) is 0 Å². The summed E-state index contributed by atoms with van der Waals surface area (Å²) in [4.78, 5) is 22.7. The van der Waals surface area contributed by atoms with Crippen LogP contribution >= 0.6 is 23.2 Å². The molecule has 158 valence electrons. The number of rotatable bonds is 5. The van der Waals surface area contributed by atoms with Gasteiger partial charge in [-0.3, -0.25) is 9.69 Å². The summed E-state index contributed by atoms with van der Waals surface area (Å²) < 4.78 is 0. The number of nitrogens with zero attached hydrogens (tertiary/aromatic N) is 4. The molecule has 2 fully saturated rings. The second kappa shape index (κ2) is 8.71. The minimum Gasteiger partial charge on any atom is -0.506 e. The van der Waals surface area contributed by atoms with Gasteiger partial charge in [0.05, 0.1) is 21.4 Å². The largest absolute Gasteiger partial charge is 0.506 e. The molecule has 0 unspecified atom stereocenters. The summed E-state index contributed by atoms with van der Waals surface area (Å²) in [6, 6.07) is 7.18. The van der Waals surface area contributed by atoms with Crippen LogP contribution in [-0.2, 0) is 4.79 Å². The van der Waals surface area contributed by atoms with E-state index >= 15 is 0 Å². The third kappa shape index (κ3) is 4.19. The second-order valence-corrected chi connectivity index (χ2v) is 8.22. The molecule has 1 aromatic carbocycles. The van der Waals surface area contributed by atoms with Crippen molar-refractivity contribution < 1.29 is 9.90 Å². The number of phenols is 1. The van der Waals surface area contributed by atoms with Gasteiger partial charge in [0, 0.05) is 57.6 Å². The third-order valence-electron chi connectivity index (χ3n) is 5.57. The number of carbonyl (C=O) groups is 1. The van der Waals surface area contributed by atoms with Crippen LogP contribution in [0.15, 0.2) is 43.1 Å². The summed E-state index contributed by atoms with van der Waals surface area (Å²) in [5, 5.41) is 14.1. The van der Waals surface area contributed by atoms with Gasteiger partial charge in [-0.1, -0.05) is 29.8 Å². The number of halogens is 2. The molecule has 0 atom stereocenters. The van der Waals surface area contributed by atoms with E-state index in [4.69, 9.17) is 23.2 Å². The number of hydrogen-bond acceptors (Lipinski definition) is 6. The number of nitrogens with one attached hydrogen (secondary N) is 1. The molecule has 2 N–H and O–H groups in total. The van der Waals surface area contributed by atoms with Crippen LogP contribution in [-0.4, -0.2) is 71.1 Å². The molecule has 7 nitrogen and oxygen atoms in total. The van der Waals surface area contributed by atoms with E-state index in [0.29, 0.717) is 21.8 Å². The van der Waals surface area contributed by atoms with Crippen molar-refractivity contribution >= 4 is 46.3 Å². The normalized spacial score (nSPS) is 17.5. The molecule has 0 aliphatic carbocycles. The van der Waals surface area contributed by atoms with Gasteiger partial charge >= 0.3 is 0 Å². The number of benzene rings is 1. The van der Waals surface area contributed by atoms with Crippen molar-refractivity contribution in [3.8, 4) is 5.75 Å². The molecule has 1 amide bonds. The molecule has 2 aromatic rings. The highest BCUT2D eigenvalue weighted by Crippen LogP contribution is 2.37.